The molecular formula is C27H41N3O3S. The summed E-state index contributed by atoms with van der Waals surface area (Å²) >= 11 is 1.64. The van der Waals surface area contributed by atoms with Crippen molar-refractivity contribution in [1.82, 2.24) is 14.8 Å². The molecule has 1 aliphatic heterocycles. The van der Waals surface area contributed by atoms with Gasteiger partial charge in [-0.25, -0.2) is 9.78 Å². The van der Waals surface area contributed by atoms with Gasteiger partial charge in [-0.05, 0) is 28.4 Å². The molecule has 0 spiro atoms. The number of hydrogen-bond donors (Lipinski definition) is 2. The molecule has 1 saturated heterocycles. The van der Waals surface area contributed by atoms with Crippen molar-refractivity contribution in [2.45, 2.75) is 85.7 Å². The number of phenolic OH excluding ortho intramolecular Hbond substituents is 1. The Labute approximate surface area is 208 Å². The summed E-state index contributed by atoms with van der Waals surface area (Å²) in [6.45, 7) is 21.6. The van der Waals surface area contributed by atoms with Crippen molar-refractivity contribution in [1.29, 1.82) is 0 Å². The molecule has 1 fully saturated rings. The molecule has 34 heavy (non-hydrogen) atoms. The van der Waals surface area contributed by atoms with Crippen LogP contribution in [0.15, 0.2) is 17.5 Å². The normalized spacial score (nSPS) is 18.4. The molecule has 0 bridgehead atoms. The van der Waals surface area contributed by atoms with Crippen molar-refractivity contribution in [3.63, 3.8) is 0 Å². The van der Waals surface area contributed by atoms with Crippen LogP contribution in [0.2, 0.25) is 0 Å². The first-order valence-corrected chi connectivity index (χ1v) is 12.9. The van der Waals surface area contributed by atoms with E-state index in [-0.39, 0.29) is 22.3 Å². The molecule has 1 aliphatic rings. The van der Waals surface area contributed by atoms with Gasteiger partial charge < -0.3 is 15.1 Å². The largest absolute Gasteiger partial charge is 0.507 e. The number of hydrogen-bond acceptors (Lipinski definition) is 5. The van der Waals surface area contributed by atoms with Crippen LogP contribution in [0.1, 0.15) is 78.4 Å². The van der Waals surface area contributed by atoms with Gasteiger partial charge in [-0.2, -0.15) is 0 Å². The third-order valence-corrected chi connectivity index (χ3v) is 7.48. The molecule has 0 saturated carbocycles. The van der Waals surface area contributed by atoms with Crippen molar-refractivity contribution in [3.05, 3.63) is 33.6 Å². The van der Waals surface area contributed by atoms with Crippen molar-refractivity contribution in [3.8, 4) is 17.0 Å². The molecule has 2 N–H and O–H groups in total. The Morgan fingerprint density at radius 3 is 2.06 bits per heavy atom. The van der Waals surface area contributed by atoms with Gasteiger partial charge in [-0.15, -0.1) is 11.3 Å². The van der Waals surface area contributed by atoms with Gasteiger partial charge in [0.25, 0.3) is 0 Å². The van der Waals surface area contributed by atoms with Crippen molar-refractivity contribution >= 4 is 17.4 Å². The predicted octanol–water partition coefficient (Wildman–Crippen LogP) is 6.32. The van der Waals surface area contributed by atoms with Crippen LogP contribution in [-0.2, 0) is 17.4 Å². The summed E-state index contributed by atoms with van der Waals surface area (Å²) in [4.78, 5) is 20.6. The fourth-order valence-corrected chi connectivity index (χ4v) is 5.43. The van der Waals surface area contributed by atoms with Crippen LogP contribution in [0.4, 0.5) is 4.79 Å². The summed E-state index contributed by atoms with van der Waals surface area (Å²) in [5, 5.41) is 23.8. The molecule has 0 aliphatic carbocycles. The molecule has 0 radical (unpaired) electrons. The maximum absolute atomic E-state index is 11.7. The van der Waals surface area contributed by atoms with E-state index >= 15 is 0 Å². The van der Waals surface area contributed by atoms with Gasteiger partial charge in [0.2, 0.25) is 0 Å². The van der Waals surface area contributed by atoms with Gasteiger partial charge in [-0.3, -0.25) is 4.90 Å². The Morgan fingerprint density at radius 1 is 1.03 bits per heavy atom. The van der Waals surface area contributed by atoms with Gasteiger partial charge in [-0.1, -0.05) is 62.3 Å². The van der Waals surface area contributed by atoms with E-state index in [0.717, 1.165) is 27.4 Å². The van der Waals surface area contributed by atoms with Gasteiger partial charge in [0.05, 0.1) is 18.3 Å². The van der Waals surface area contributed by atoms with Crippen LogP contribution < -0.4 is 0 Å². The minimum absolute atomic E-state index is 0.0565. The molecule has 1 amide bonds. The van der Waals surface area contributed by atoms with Crippen molar-refractivity contribution in [2.75, 3.05) is 19.6 Å². The minimum Gasteiger partial charge on any atom is -0.507 e. The second kappa shape index (κ2) is 9.15. The molecule has 7 heteroatoms. The Bertz CT molecular complexity index is 1010. The van der Waals surface area contributed by atoms with E-state index in [0.29, 0.717) is 31.9 Å². The molecule has 1 aromatic carbocycles. The number of rotatable bonds is 3. The molecule has 1 aromatic heterocycles. The highest BCUT2D eigenvalue weighted by molar-refractivity contribution is 7.09. The monoisotopic (exact) mass is 487 g/mol. The summed E-state index contributed by atoms with van der Waals surface area (Å²) in [5.74, 6) is 0.378. The van der Waals surface area contributed by atoms with Crippen LogP contribution in [0.3, 0.4) is 0 Å². The van der Waals surface area contributed by atoms with Gasteiger partial charge in [0.15, 0.2) is 0 Å². The number of carbonyl (C=O) groups is 1. The average Bonchev–Trinajstić information content (AvgIpc) is 3.14. The SMILES string of the molecule is CC(C)(C)c1cc(-c2csc(CN3CCN(C(=O)O)C(C(C)(C)C)C3)n2)cc(C(C)(C)C)c1O. The first kappa shape index (κ1) is 26.5. The van der Waals surface area contributed by atoms with Crippen LogP contribution in [-0.4, -0.2) is 56.8 Å². The predicted molar refractivity (Wildman–Crippen MR) is 140 cm³/mol. The van der Waals surface area contributed by atoms with Crippen LogP contribution in [0, 0.1) is 5.41 Å². The summed E-state index contributed by atoms with van der Waals surface area (Å²) in [6, 6.07) is 4.09. The summed E-state index contributed by atoms with van der Waals surface area (Å²) in [5.41, 5.74) is 3.30. The molecule has 2 aromatic rings. The van der Waals surface area contributed by atoms with Gasteiger partial charge >= 0.3 is 6.09 Å². The van der Waals surface area contributed by atoms with Gasteiger partial charge in [0.1, 0.15) is 10.8 Å². The van der Waals surface area contributed by atoms with E-state index in [1.807, 2.05) is 0 Å². The van der Waals surface area contributed by atoms with E-state index in [1.165, 1.54) is 0 Å². The first-order valence-electron chi connectivity index (χ1n) is 12.0. The number of phenols is 1. The number of benzene rings is 1. The molecule has 3 rings (SSSR count). The fourth-order valence-electron chi connectivity index (χ4n) is 4.59. The number of aromatic hydroxyl groups is 1. The molecule has 2 heterocycles. The number of aromatic nitrogens is 1. The zero-order valence-electron chi connectivity index (χ0n) is 22.2. The topological polar surface area (TPSA) is 76.9 Å². The van der Waals surface area contributed by atoms with Crippen molar-refractivity contribution in [2.24, 2.45) is 5.41 Å². The summed E-state index contributed by atoms with van der Waals surface area (Å²) in [6.07, 6.45) is -0.840. The Hall–Kier alpha value is -2.12. The average molecular weight is 488 g/mol. The highest BCUT2D eigenvalue weighted by Gasteiger charge is 2.38. The van der Waals surface area contributed by atoms with E-state index in [1.54, 1.807) is 16.2 Å². The summed E-state index contributed by atoms with van der Waals surface area (Å²) in [7, 11) is 0. The first-order chi connectivity index (χ1) is 15.5. The molecule has 1 atom stereocenters. The third-order valence-electron chi connectivity index (χ3n) is 6.64. The Morgan fingerprint density at radius 2 is 1.59 bits per heavy atom. The third kappa shape index (κ3) is 5.74. The molecule has 1 unspecified atom stereocenters. The second-order valence-corrected chi connectivity index (χ2v) is 13.6. The number of nitrogens with zero attached hydrogens (tertiary/aromatic N) is 3. The molecular weight excluding hydrogens is 446 g/mol. The minimum atomic E-state index is -0.840. The lowest BCUT2D eigenvalue weighted by molar-refractivity contribution is 0.0190. The highest BCUT2D eigenvalue weighted by Crippen LogP contribution is 2.42. The quantitative estimate of drug-likeness (QED) is 0.530. The van der Waals surface area contributed by atoms with Crippen LogP contribution >= 0.6 is 11.3 Å². The lowest BCUT2D eigenvalue weighted by Gasteiger charge is -2.45. The van der Waals surface area contributed by atoms with Crippen LogP contribution in [0.25, 0.3) is 11.3 Å². The Balaban J connectivity index is 1.88. The van der Waals surface area contributed by atoms with E-state index in [2.05, 4.69) is 84.7 Å². The standard InChI is InChI=1S/C27H41N3O3S/c1-25(2,3)18-12-17(13-19(23(18)31)26(4,5)6)20-16-34-22(28-20)15-29-10-11-30(24(32)33)21(14-29)27(7,8)9/h12-13,16,21,31H,10-11,14-15H2,1-9H3,(H,32,33). The zero-order chi connectivity index (χ0) is 25.6. The van der Waals surface area contributed by atoms with Gasteiger partial charge in [0, 0.05) is 41.7 Å². The van der Waals surface area contributed by atoms with Crippen LogP contribution in [0.5, 0.6) is 5.75 Å². The Kier molecular flexibility index (Phi) is 7.13. The lowest BCUT2D eigenvalue weighted by Crippen LogP contribution is -2.59. The van der Waals surface area contributed by atoms with E-state index in [9.17, 15) is 15.0 Å². The molecule has 6 nitrogen and oxygen atoms in total. The number of thiazole rings is 1. The highest BCUT2D eigenvalue weighted by atomic mass is 32.1. The number of amides is 1. The van der Waals surface area contributed by atoms with E-state index in [4.69, 9.17) is 4.98 Å². The maximum atomic E-state index is 11.7. The summed E-state index contributed by atoms with van der Waals surface area (Å²) < 4.78 is 0. The smallest absolute Gasteiger partial charge is 0.407 e. The second-order valence-electron chi connectivity index (χ2n) is 12.6. The number of carboxylic acid groups (broad SMARTS) is 1. The zero-order valence-corrected chi connectivity index (χ0v) is 23.0. The van der Waals surface area contributed by atoms with E-state index < -0.39 is 6.09 Å². The maximum Gasteiger partial charge on any atom is 0.407 e. The van der Waals surface area contributed by atoms with Crippen molar-refractivity contribution < 1.29 is 15.0 Å². The fraction of sp³-hybridized carbons (Fsp3) is 0.630. The lowest BCUT2D eigenvalue weighted by atomic mass is 9.78. The number of piperazine rings is 1. The molecule has 188 valence electrons.